The molecule has 4 heteroatoms. The van der Waals surface area contributed by atoms with Crippen molar-refractivity contribution in [2.75, 3.05) is 12.8 Å². The Morgan fingerprint density at radius 1 is 1.32 bits per heavy atom. The summed E-state index contributed by atoms with van der Waals surface area (Å²) in [6, 6.07) is 10.3. The van der Waals surface area contributed by atoms with Gasteiger partial charge in [-0.25, -0.2) is 0 Å². The fourth-order valence-corrected chi connectivity index (χ4v) is 2.30. The standard InChI is InChI=1S/C15H21N3S/c1-12(19-2)8-9-16-10-14-11-17-18-15(14)13-6-4-3-5-7-13/h3-7,11-12,16H,8-10H2,1-2H3,(H,17,18). The van der Waals surface area contributed by atoms with Gasteiger partial charge in [-0.3, -0.25) is 5.10 Å². The van der Waals surface area contributed by atoms with Gasteiger partial charge in [0, 0.05) is 17.4 Å². The number of nitrogens with one attached hydrogen (secondary N) is 2. The Morgan fingerprint density at radius 2 is 2.11 bits per heavy atom. The van der Waals surface area contributed by atoms with E-state index in [-0.39, 0.29) is 0 Å². The lowest BCUT2D eigenvalue weighted by Gasteiger charge is -2.09. The van der Waals surface area contributed by atoms with Gasteiger partial charge in [-0.15, -0.1) is 0 Å². The number of thioether (sulfide) groups is 1. The molecule has 2 aromatic rings. The molecule has 0 fully saturated rings. The van der Waals surface area contributed by atoms with Crippen LogP contribution in [-0.2, 0) is 6.54 Å². The van der Waals surface area contributed by atoms with Crippen LogP contribution >= 0.6 is 11.8 Å². The number of hydrogen-bond donors (Lipinski definition) is 2. The van der Waals surface area contributed by atoms with E-state index in [0.717, 1.165) is 18.8 Å². The van der Waals surface area contributed by atoms with Crippen molar-refractivity contribution in [3.05, 3.63) is 42.1 Å². The van der Waals surface area contributed by atoms with Gasteiger partial charge >= 0.3 is 0 Å². The molecule has 0 aliphatic heterocycles. The van der Waals surface area contributed by atoms with Crippen LogP contribution in [0.5, 0.6) is 0 Å². The monoisotopic (exact) mass is 275 g/mol. The van der Waals surface area contributed by atoms with E-state index in [4.69, 9.17) is 0 Å². The van der Waals surface area contributed by atoms with Gasteiger partial charge in [-0.05, 0) is 24.8 Å². The third kappa shape index (κ3) is 4.11. The summed E-state index contributed by atoms with van der Waals surface area (Å²) in [5.41, 5.74) is 3.53. The van der Waals surface area contributed by atoms with Gasteiger partial charge in [0.2, 0.25) is 0 Å². The van der Waals surface area contributed by atoms with E-state index in [1.54, 1.807) is 0 Å². The third-order valence-electron chi connectivity index (χ3n) is 3.23. The summed E-state index contributed by atoms with van der Waals surface area (Å²) in [5.74, 6) is 0. The van der Waals surface area contributed by atoms with Gasteiger partial charge in [0.1, 0.15) is 0 Å². The maximum absolute atomic E-state index is 4.16. The van der Waals surface area contributed by atoms with E-state index in [1.165, 1.54) is 17.5 Å². The molecule has 1 atom stereocenters. The van der Waals surface area contributed by atoms with Crippen molar-refractivity contribution >= 4 is 11.8 Å². The number of aromatic amines is 1. The Morgan fingerprint density at radius 3 is 2.84 bits per heavy atom. The summed E-state index contributed by atoms with van der Waals surface area (Å²) < 4.78 is 0. The van der Waals surface area contributed by atoms with Crippen molar-refractivity contribution in [1.29, 1.82) is 0 Å². The first-order valence-electron chi connectivity index (χ1n) is 6.62. The van der Waals surface area contributed by atoms with Gasteiger partial charge in [0.05, 0.1) is 11.9 Å². The van der Waals surface area contributed by atoms with Gasteiger partial charge < -0.3 is 5.32 Å². The zero-order chi connectivity index (χ0) is 13.5. The number of H-pyrrole nitrogens is 1. The van der Waals surface area contributed by atoms with Crippen LogP contribution in [0.3, 0.4) is 0 Å². The average Bonchev–Trinajstić information content (AvgIpc) is 2.92. The minimum Gasteiger partial charge on any atom is -0.312 e. The van der Waals surface area contributed by atoms with Crippen LogP contribution in [0, 0.1) is 0 Å². The summed E-state index contributed by atoms with van der Waals surface area (Å²) in [4.78, 5) is 0. The first-order chi connectivity index (χ1) is 9.31. The molecule has 0 saturated carbocycles. The SMILES string of the molecule is CSC(C)CCNCc1cn[nH]c1-c1ccccc1. The summed E-state index contributed by atoms with van der Waals surface area (Å²) >= 11 is 1.91. The van der Waals surface area contributed by atoms with Crippen molar-refractivity contribution in [2.45, 2.75) is 25.1 Å². The van der Waals surface area contributed by atoms with E-state index in [2.05, 4.69) is 40.8 Å². The maximum atomic E-state index is 4.16. The maximum Gasteiger partial charge on any atom is 0.0695 e. The molecule has 2 rings (SSSR count). The van der Waals surface area contributed by atoms with Crippen molar-refractivity contribution in [2.24, 2.45) is 0 Å². The van der Waals surface area contributed by atoms with Gasteiger partial charge in [-0.1, -0.05) is 37.3 Å². The highest BCUT2D eigenvalue weighted by atomic mass is 32.2. The van der Waals surface area contributed by atoms with Crippen molar-refractivity contribution in [3.63, 3.8) is 0 Å². The number of benzene rings is 1. The Bertz CT molecular complexity index is 481. The Balaban J connectivity index is 1.90. The summed E-state index contributed by atoms with van der Waals surface area (Å²) in [5, 5.41) is 11.5. The molecule has 0 spiro atoms. The molecule has 102 valence electrons. The summed E-state index contributed by atoms with van der Waals surface area (Å²) in [6.45, 7) is 4.17. The number of rotatable bonds is 7. The highest BCUT2D eigenvalue weighted by Gasteiger charge is 2.07. The zero-order valence-corrected chi connectivity index (χ0v) is 12.3. The fraction of sp³-hybridized carbons (Fsp3) is 0.400. The average molecular weight is 275 g/mol. The van der Waals surface area contributed by atoms with Crippen LogP contribution in [0.2, 0.25) is 0 Å². The molecule has 0 amide bonds. The second-order valence-corrected chi connectivity index (χ2v) is 5.92. The lowest BCUT2D eigenvalue weighted by molar-refractivity contribution is 0.649. The van der Waals surface area contributed by atoms with E-state index in [0.29, 0.717) is 5.25 Å². The van der Waals surface area contributed by atoms with E-state index in [9.17, 15) is 0 Å². The minimum absolute atomic E-state index is 0.713. The predicted octanol–water partition coefficient (Wildman–Crippen LogP) is 3.31. The largest absolute Gasteiger partial charge is 0.312 e. The first kappa shape index (κ1) is 14.2. The Hall–Kier alpha value is -1.26. The van der Waals surface area contributed by atoms with Gasteiger partial charge in [0.15, 0.2) is 0 Å². The second-order valence-electron chi connectivity index (χ2n) is 4.65. The normalized spacial score (nSPS) is 12.5. The zero-order valence-electron chi connectivity index (χ0n) is 11.5. The minimum atomic E-state index is 0.713. The molecule has 0 aliphatic rings. The number of nitrogens with zero attached hydrogens (tertiary/aromatic N) is 1. The van der Waals surface area contributed by atoms with Crippen LogP contribution in [0.4, 0.5) is 0 Å². The van der Waals surface area contributed by atoms with E-state index in [1.807, 2.05) is 36.2 Å². The number of hydrogen-bond acceptors (Lipinski definition) is 3. The van der Waals surface area contributed by atoms with Crippen molar-refractivity contribution in [3.8, 4) is 11.3 Å². The lowest BCUT2D eigenvalue weighted by atomic mass is 10.1. The first-order valence-corrected chi connectivity index (χ1v) is 7.91. The van der Waals surface area contributed by atoms with Crippen LogP contribution in [0.1, 0.15) is 18.9 Å². The molecule has 0 aliphatic carbocycles. The summed E-state index contributed by atoms with van der Waals surface area (Å²) in [7, 11) is 0. The molecule has 1 aromatic heterocycles. The lowest BCUT2D eigenvalue weighted by Crippen LogP contribution is -2.17. The molecule has 2 N–H and O–H groups in total. The van der Waals surface area contributed by atoms with Crippen LogP contribution in [-0.4, -0.2) is 28.2 Å². The third-order valence-corrected chi connectivity index (χ3v) is 4.27. The van der Waals surface area contributed by atoms with E-state index < -0.39 is 0 Å². The highest BCUT2D eigenvalue weighted by molar-refractivity contribution is 7.99. The quantitative estimate of drug-likeness (QED) is 0.762. The van der Waals surface area contributed by atoms with Crippen LogP contribution < -0.4 is 5.32 Å². The van der Waals surface area contributed by atoms with Crippen LogP contribution in [0.25, 0.3) is 11.3 Å². The molecule has 1 heterocycles. The van der Waals surface area contributed by atoms with Crippen molar-refractivity contribution < 1.29 is 0 Å². The predicted molar refractivity (Wildman–Crippen MR) is 83.3 cm³/mol. The molecule has 19 heavy (non-hydrogen) atoms. The second kappa shape index (κ2) is 7.36. The fourth-order valence-electron chi connectivity index (χ4n) is 1.95. The molecule has 3 nitrogen and oxygen atoms in total. The Kier molecular flexibility index (Phi) is 5.48. The molecule has 1 unspecified atom stereocenters. The molecule has 0 saturated heterocycles. The van der Waals surface area contributed by atoms with Gasteiger partial charge in [-0.2, -0.15) is 16.9 Å². The topological polar surface area (TPSA) is 40.7 Å². The van der Waals surface area contributed by atoms with Gasteiger partial charge in [0.25, 0.3) is 0 Å². The highest BCUT2D eigenvalue weighted by Crippen LogP contribution is 2.20. The molecular weight excluding hydrogens is 254 g/mol. The molecular formula is C15H21N3S. The molecule has 0 radical (unpaired) electrons. The smallest absolute Gasteiger partial charge is 0.0695 e. The number of aromatic nitrogens is 2. The molecule has 1 aromatic carbocycles. The Labute approximate surface area is 119 Å². The van der Waals surface area contributed by atoms with Crippen LogP contribution in [0.15, 0.2) is 36.5 Å². The van der Waals surface area contributed by atoms with E-state index >= 15 is 0 Å². The summed E-state index contributed by atoms with van der Waals surface area (Å²) in [6.07, 6.45) is 5.27. The van der Waals surface area contributed by atoms with Crippen molar-refractivity contribution in [1.82, 2.24) is 15.5 Å². The molecule has 0 bridgehead atoms.